The van der Waals surface area contributed by atoms with E-state index in [1.54, 1.807) is 0 Å². The Morgan fingerprint density at radius 3 is 2.25 bits per heavy atom. The number of hydrogen-bond donors (Lipinski definition) is 1. The fourth-order valence-electron chi connectivity index (χ4n) is 1.77. The standard InChI is InChI=1S/C14H22OS/c1-12-8-7-9-13(2)14(12)15-10-5-3-4-6-11-16/h7-9,16H,3-6,10-11H2,1-2H3. The number of hydrogen-bond acceptors (Lipinski definition) is 2. The van der Waals surface area contributed by atoms with Crippen molar-refractivity contribution < 1.29 is 4.74 Å². The molecule has 0 N–H and O–H groups in total. The number of para-hydroxylation sites is 1. The Bertz CT molecular complexity index is 289. The molecule has 16 heavy (non-hydrogen) atoms. The molecule has 0 saturated heterocycles. The second-order valence-electron chi connectivity index (χ2n) is 4.21. The van der Waals surface area contributed by atoms with Gasteiger partial charge in [0.2, 0.25) is 0 Å². The van der Waals surface area contributed by atoms with Gasteiger partial charge in [-0.1, -0.05) is 31.0 Å². The third-order valence-electron chi connectivity index (χ3n) is 2.71. The molecule has 2 heteroatoms. The van der Waals surface area contributed by atoms with Gasteiger partial charge in [0.1, 0.15) is 5.75 Å². The second-order valence-corrected chi connectivity index (χ2v) is 4.65. The number of benzene rings is 1. The van der Waals surface area contributed by atoms with E-state index in [1.165, 1.54) is 30.4 Å². The van der Waals surface area contributed by atoms with E-state index in [0.29, 0.717) is 0 Å². The van der Waals surface area contributed by atoms with Gasteiger partial charge in [-0.25, -0.2) is 0 Å². The molecule has 0 atom stereocenters. The van der Waals surface area contributed by atoms with Gasteiger partial charge in [0.05, 0.1) is 6.61 Å². The van der Waals surface area contributed by atoms with Crippen molar-refractivity contribution in [3.05, 3.63) is 29.3 Å². The van der Waals surface area contributed by atoms with Crippen LogP contribution in [0.25, 0.3) is 0 Å². The van der Waals surface area contributed by atoms with Crippen molar-refractivity contribution in [1.29, 1.82) is 0 Å². The zero-order chi connectivity index (χ0) is 11.8. The third-order valence-corrected chi connectivity index (χ3v) is 3.02. The lowest BCUT2D eigenvalue weighted by atomic mass is 10.1. The molecule has 0 aromatic heterocycles. The number of unbranched alkanes of at least 4 members (excludes halogenated alkanes) is 3. The molecule has 0 aliphatic carbocycles. The van der Waals surface area contributed by atoms with Crippen LogP contribution in [0.4, 0.5) is 0 Å². The predicted molar refractivity (Wildman–Crippen MR) is 73.7 cm³/mol. The molecule has 0 heterocycles. The van der Waals surface area contributed by atoms with Gasteiger partial charge in [-0.15, -0.1) is 0 Å². The largest absolute Gasteiger partial charge is 0.493 e. The van der Waals surface area contributed by atoms with Crippen LogP contribution in [0, 0.1) is 13.8 Å². The van der Waals surface area contributed by atoms with Crippen LogP contribution in [0.5, 0.6) is 5.75 Å². The Morgan fingerprint density at radius 2 is 1.62 bits per heavy atom. The van der Waals surface area contributed by atoms with Crippen LogP contribution in [0.2, 0.25) is 0 Å². The van der Waals surface area contributed by atoms with E-state index in [-0.39, 0.29) is 0 Å². The molecule has 0 saturated carbocycles. The SMILES string of the molecule is Cc1cccc(C)c1OCCCCCCS. The first-order valence-corrected chi connectivity index (χ1v) is 6.69. The quantitative estimate of drug-likeness (QED) is 0.554. The molecule has 1 aromatic rings. The summed E-state index contributed by atoms with van der Waals surface area (Å²) in [5.41, 5.74) is 2.46. The minimum absolute atomic E-state index is 0.832. The third kappa shape index (κ3) is 4.48. The van der Waals surface area contributed by atoms with Crippen LogP contribution in [-0.4, -0.2) is 12.4 Å². The van der Waals surface area contributed by atoms with E-state index in [0.717, 1.165) is 24.5 Å². The molecule has 0 unspecified atom stereocenters. The molecule has 0 fully saturated rings. The highest BCUT2D eigenvalue weighted by molar-refractivity contribution is 7.80. The minimum Gasteiger partial charge on any atom is -0.493 e. The second kappa shape index (κ2) is 7.61. The van der Waals surface area contributed by atoms with Gasteiger partial charge in [-0.3, -0.25) is 0 Å². The van der Waals surface area contributed by atoms with E-state index >= 15 is 0 Å². The first-order valence-electron chi connectivity index (χ1n) is 6.05. The highest BCUT2D eigenvalue weighted by Crippen LogP contribution is 2.22. The number of thiol groups is 1. The summed E-state index contributed by atoms with van der Waals surface area (Å²) in [6, 6.07) is 6.27. The summed E-state index contributed by atoms with van der Waals surface area (Å²) in [7, 11) is 0. The maximum absolute atomic E-state index is 5.83. The molecule has 0 radical (unpaired) electrons. The van der Waals surface area contributed by atoms with Crippen LogP contribution in [0.1, 0.15) is 36.8 Å². The van der Waals surface area contributed by atoms with Crippen LogP contribution in [-0.2, 0) is 0 Å². The summed E-state index contributed by atoms with van der Waals surface area (Å²) in [5.74, 6) is 2.06. The molecule has 0 amide bonds. The van der Waals surface area contributed by atoms with Crippen molar-refractivity contribution in [3.63, 3.8) is 0 Å². The van der Waals surface area contributed by atoms with Gasteiger partial charge in [-0.2, -0.15) is 12.6 Å². The Labute approximate surface area is 105 Å². The average molecular weight is 238 g/mol. The molecular weight excluding hydrogens is 216 g/mol. The summed E-state index contributed by atoms with van der Waals surface area (Å²) in [5, 5.41) is 0. The molecular formula is C14H22OS. The van der Waals surface area contributed by atoms with Gasteiger partial charge in [0, 0.05) is 0 Å². The molecule has 1 aromatic carbocycles. The van der Waals surface area contributed by atoms with Crippen molar-refractivity contribution >= 4 is 12.6 Å². The van der Waals surface area contributed by atoms with Crippen molar-refractivity contribution in [2.75, 3.05) is 12.4 Å². The van der Waals surface area contributed by atoms with Crippen LogP contribution in [0.15, 0.2) is 18.2 Å². The van der Waals surface area contributed by atoms with Gasteiger partial charge < -0.3 is 4.74 Å². The number of aryl methyl sites for hydroxylation is 2. The van der Waals surface area contributed by atoms with Gasteiger partial charge in [0.25, 0.3) is 0 Å². The summed E-state index contributed by atoms with van der Waals surface area (Å²) >= 11 is 4.20. The smallest absolute Gasteiger partial charge is 0.125 e. The topological polar surface area (TPSA) is 9.23 Å². The molecule has 1 nitrogen and oxygen atoms in total. The van der Waals surface area contributed by atoms with Gasteiger partial charge in [-0.05, 0) is 43.6 Å². The number of rotatable bonds is 7. The molecule has 0 aliphatic rings. The summed E-state index contributed by atoms with van der Waals surface area (Å²) in [6.45, 7) is 5.03. The normalized spacial score (nSPS) is 10.4. The highest BCUT2D eigenvalue weighted by atomic mass is 32.1. The fourth-order valence-corrected chi connectivity index (χ4v) is 1.99. The lowest BCUT2D eigenvalue weighted by Gasteiger charge is -2.11. The summed E-state index contributed by atoms with van der Waals surface area (Å²) < 4.78 is 5.83. The van der Waals surface area contributed by atoms with Gasteiger partial charge in [0.15, 0.2) is 0 Å². The zero-order valence-corrected chi connectivity index (χ0v) is 11.2. The maximum Gasteiger partial charge on any atom is 0.125 e. The lowest BCUT2D eigenvalue weighted by Crippen LogP contribution is -2.00. The van der Waals surface area contributed by atoms with E-state index in [1.807, 2.05) is 0 Å². The summed E-state index contributed by atoms with van der Waals surface area (Å²) in [4.78, 5) is 0. The zero-order valence-electron chi connectivity index (χ0n) is 10.3. The van der Waals surface area contributed by atoms with Crippen molar-refractivity contribution in [3.8, 4) is 5.75 Å². The fraction of sp³-hybridized carbons (Fsp3) is 0.571. The Balaban J connectivity index is 2.26. The lowest BCUT2D eigenvalue weighted by molar-refractivity contribution is 0.301. The maximum atomic E-state index is 5.83. The van der Waals surface area contributed by atoms with Crippen molar-refractivity contribution in [1.82, 2.24) is 0 Å². The van der Waals surface area contributed by atoms with E-state index in [4.69, 9.17) is 4.74 Å². The molecule has 90 valence electrons. The first kappa shape index (κ1) is 13.4. The highest BCUT2D eigenvalue weighted by Gasteiger charge is 2.02. The average Bonchev–Trinajstić information content (AvgIpc) is 2.26. The first-order chi connectivity index (χ1) is 7.75. The molecule has 0 bridgehead atoms. The van der Waals surface area contributed by atoms with E-state index in [9.17, 15) is 0 Å². The number of ether oxygens (including phenoxy) is 1. The van der Waals surface area contributed by atoms with Crippen molar-refractivity contribution in [2.45, 2.75) is 39.5 Å². The molecule has 0 aliphatic heterocycles. The molecule has 0 spiro atoms. The van der Waals surface area contributed by atoms with E-state index in [2.05, 4.69) is 44.7 Å². The van der Waals surface area contributed by atoms with Gasteiger partial charge >= 0.3 is 0 Å². The Morgan fingerprint density at radius 1 is 1.00 bits per heavy atom. The van der Waals surface area contributed by atoms with Crippen molar-refractivity contribution in [2.24, 2.45) is 0 Å². The van der Waals surface area contributed by atoms with Crippen LogP contribution < -0.4 is 4.74 Å². The Kier molecular flexibility index (Phi) is 6.39. The van der Waals surface area contributed by atoms with Crippen LogP contribution in [0.3, 0.4) is 0 Å². The van der Waals surface area contributed by atoms with Crippen LogP contribution >= 0.6 is 12.6 Å². The Hall–Kier alpha value is -0.630. The summed E-state index contributed by atoms with van der Waals surface area (Å²) in [6.07, 6.45) is 4.86. The van der Waals surface area contributed by atoms with E-state index < -0.39 is 0 Å². The predicted octanol–water partition coefficient (Wildman–Crippen LogP) is 4.17. The monoisotopic (exact) mass is 238 g/mol. The molecule has 1 rings (SSSR count). The minimum atomic E-state index is 0.832.